The van der Waals surface area contributed by atoms with Gasteiger partial charge in [0.15, 0.2) is 0 Å². The summed E-state index contributed by atoms with van der Waals surface area (Å²) in [6.45, 7) is 5.22. The number of sulfonamides is 1. The molecular formula is C28H32BrN3O4S. The number of anilines is 1. The van der Waals surface area contributed by atoms with Crippen LogP contribution in [-0.4, -0.2) is 43.8 Å². The van der Waals surface area contributed by atoms with Crippen LogP contribution >= 0.6 is 15.9 Å². The van der Waals surface area contributed by atoms with E-state index in [1.165, 1.54) is 17.0 Å². The van der Waals surface area contributed by atoms with Gasteiger partial charge in [-0.1, -0.05) is 71.4 Å². The molecule has 0 spiro atoms. The van der Waals surface area contributed by atoms with Gasteiger partial charge < -0.3 is 10.2 Å². The molecule has 7 nitrogen and oxygen atoms in total. The molecule has 2 atom stereocenters. The molecule has 3 rings (SSSR count). The third-order valence-corrected chi connectivity index (χ3v) is 8.41. The average molecular weight is 587 g/mol. The third kappa shape index (κ3) is 7.42. The van der Waals surface area contributed by atoms with Crippen LogP contribution in [0.4, 0.5) is 5.69 Å². The van der Waals surface area contributed by atoms with E-state index in [0.29, 0.717) is 5.69 Å². The number of hydrogen-bond acceptors (Lipinski definition) is 4. The number of carbonyl (C=O) groups is 2. The Hall–Kier alpha value is -3.17. The Kier molecular flexibility index (Phi) is 9.88. The monoisotopic (exact) mass is 585 g/mol. The van der Waals surface area contributed by atoms with Crippen molar-refractivity contribution in [3.05, 3.63) is 95.0 Å². The van der Waals surface area contributed by atoms with Crippen molar-refractivity contribution in [2.75, 3.05) is 10.8 Å². The highest BCUT2D eigenvalue weighted by Gasteiger charge is 2.32. The molecule has 0 bridgehead atoms. The molecule has 0 fully saturated rings. The largest absolute Gasteiger partial charge is 0.352 e. The quantitative estimate of drug-likeness (QED) is 0.344. The van der Waals surface area contributed by atoms with Gasteiger partial charge in [0.2, 0.25) is 11.8 Å². The minimum absolute atomic E-state index is 0.0543. The molecule has 0 saturated heterocycles. The summed E-state index contributed by atoms with van der Waals surface area (Å²) in [5.74, 6) is -0.780. The highest BCUT2D eigenvalue weighted by molar-refractivity contribution is 9.10. The molecule has 1 N–H and O–H groups in total. The standard InChI is InChI=1S/C28H32BrN3O4S/c1-4-21(2)30-28(34)22(3)31(19-23-11-7-5-8-12-23)27(33)20-32(25-17-15-24(29)16-18-25)37(35,36)26-13-9-6-10-14-26/h5-18,21-22H,4,19-20H2,1-3H3,(H,30,34)/t21-,22+/m1/s1. The van der Waals surface area contributed by atoms with Crippen molar-refractivity contribution in [3.8, 4) is 0 Å². The first-order valence-corrected chi connectivity index (χ1v) is 14.3. The van der Waals surface area contributed by atoms with Crippen LogP contribution in [0, 0.1) is 0 Å². The maximum absolute atomic E-state index is 13.8. The van der Waals surface area contributed by atoms with E-state index < -0.39 is 28.5 Å². The van der Waals surface area contributed by atoms with E-state index in [1.807, 2.05) is 44.2 Å². The van der Waals surface area contributed by atoms with E-state index in [1.54, 1.807) is 49.4 Å². The molecule has 0 aliphatic heterocycles. The zero-order valence-corrected chi connectivity index (χ0v) is 23.6. The topological polar surface area (TPSA) is 86.8 Å². The van der Waals surface area contributed by atoms with Crippen LogP contribution in [0.1, 0.15) is 32.8 Å². The Morgan fingerprint density at radius 2 is 1.46 bits per heavy atom. The predicted molar refractivity (Wildman–Crippen MR) is 149 cm³/mol. The van der Waals surface area contributed by atoms with Gasteiger partial charge in [-0.2, -0.15) is 0 Å². The first-order valence-electron chi connectivity index (χ1n) is 12.1. The molecule has 0 aliphatic carbocycles. The van der Waals surface area contributed by atoms with Crippen LogP contribution in [0.5, 0.6) is 0 Å². The number of benzene rings is 3. The number of nitrogens with one attached hydrogen (secondary N) is 1. The Bertz CT molecular complexity index is 1290. The third-order valence-electron chi connectivity index (χ3n) is 6.09. The van der Waals surface area contributed by atoms with Crippen LogP contribution in [0.2, 0.25) is 0 Å². The molecule has 37 heavy (non-hydrogen) atoms. The minimum Gasteiger partial charge on any atom is -0.352 e. The number of carbonyl (C=O) groups excluding carboxylic acids is 2. The molecule has 2 amide bonds. The van der Waals surface area contributed by atoms with Crippen molar-refractivity contribution in [2.24, 2.45) is 0 Å². The number of rotatable bonds is 11. The van der Waals surface area contributed by atoms with Gasteiger partial charge in [0.25, 0.3) is 10.0 Å². The van der Waals surface area contributed by atoms with E-state index in [0.717, 1.165) is 20.8 Å². The van der Waals surface area contributed by atoms with Crippen molar-refractivity contribution < 1.29 is 18.0 Å². The second-order valence-corrected chi connectivity index (χ2v) is 11.6. The average Bonchev–Trinajstić information content (AvgIpc) is 2.91. The first kappa shape index (κ1) is 28.4. The molecule has 0 saturated carbocycles. The Balaban J connectivity index is 1.99. The van der Waals surface area contributed by atoms with Crippen molar-refractivity contribution in [3.63, 3.8) is 0 Å². The fraction of sp³-hybridized carbons (Fsp3) is 0.286. The lowest BCUT2D eigenvalue weighted by Crippen LogP contribution is -2.52. The number of halogens is 1. The lowest BCUT2D eigenvalue weighted by molar-refractivity contribution is -0.139. The van der Waals surface area contributed by atoms with E-state index in [4.69, 9.17) is 0 Å². The number of nitrogens with zero attached hydrogens (tertiary/aromatic N) is 2. The van der Waals surface area contributed by atoms with Gasteiger partial charge >= 0.3 is 0 Å². The molecule has 196 valence electrons. The Morgan fingerprint density at radius 3 is 2.03 bits per heavy atom. The molecular weight excluding hydrogens is 554 g/mol. The zero-order chi connectivity index (χ0) is 27.0. The van der Waals surface area contributed by atoms with Crippen LogP contribution in [-0.2, 0) is 26.2 Å². The van der Waals surface area contributed by atoms with Crippen molar-refractivity contribution in [1.82, 2.24) is 10.2 Å². The summed E-state index contributed by atoms with van der Waals surface area (Å²) in [6, 6.07) is 23.2. The summed E-state index contributed by atoms with van der Waals surface area (Å²) in [6.07, 6.45) is 0.748. The van der Waals surface area contributed by atoms with Gasteiger partial charge in [0.1, 0.15) is 12.6 Å². The van der Waals surface area contributed by atoms with Crippen LogP contribution < -0.4 is 9.62 Å². The van der Waals surface area contributed by atoms with Crippen molar-refractivity contribution in [2.45, 2.75) is 50.7 Å². The Morgan fingerprint density at radius 1 is 0.892 bits per heavy atom. The summed E-state index contributed by atoms with van der Waals surface area (Å²) < 4.78 is 29.2. The molecule has 0 aliphatic rings. The number of hydrogen-bond donors (Lipinski definition) is 1. The normalized spacial score (nSPS) is 12.9. The highest BCUT2D eigenvalue weighted by atomic mass is 79.9. The molecule has 9 heteroatoms. The van der Waals surface area contributed by atoms with E-state index >= 15 is 0 Å². The van der Waals surface area contributed by atoms with Gasteiger partial charge in [0.05, 0.1) is 10.6 Å². The molecule has 0 heterocycles. The van der Waals surface area contributed by atoms with Gasteiger partial charge in [-0.3, -0.25) is 13.9 Å². The highest BCUT2D eigenvalue weighted by Crippen LogP contribution is 2.26. The SMILES string of the molecule is CC[C@@H](C)NC(=O)[C@H](C)N(Cc1ccccc1)C(=O)CN(c1ccc(Br)cc1)S(=O)(=O)c1ccccc1. The minimum atomic E-state index is -4.07. The fourth-order valence-corrected chi connectivity index (χ4v) is 5.38. The molecule has 0 unspecified atom stereocenters. The summed E-state index contributed by atoms with van der Waals surface area (Å²) >= 11 is 3.37. The van der Waals surface area contributed by atoms with Crippen molar-refractivity contribution >= 4 is 43.5 Å². The predicted octanol–water partition coefficient (Wildman–Crippen LogP) is 4.98. The summed E-state index contributed by atoms with van der Waals surface area (Å²) in [5.41, 5.74) is 1.18. The summed E-state index contributed by atoms with van der Waals surface area (Å²) in [4.78, 5) is 28.3. The Labute approximate surface area is 227 Å². The van der Waals surface area contributed by atoms with Crippen LogP contribution in [0.25, 0.3) is 0 Å². The van der Waals surface area contributed by atoms with Gasteiger partial charge in [-0.25, -0.2) is 8.42 Å². The van der Waals surface area contributed by atoms with Crippen LogP contribution in [0.3, 0.4) is 0 Å². The fourth-order valence-electron chi connectivity index (χ4n) is 3.68. The number of amides is 2. The van der Waals surface area contributed by atoms with Gasteiger partial charge in [-0.05, 0) is 62.2 Å². The summed E-state index contributed by atoms with van der Waals surface area (Å²) in [7, 11) is -4.07. The van der Waals surface area contributed by atoms with Gasteiger partial charge in [0, 0.05) is 17.1 Å². The van der Waals surface area contributed by atoms with Gasteiger partial charge in [-0.15, -0.1) is 0 Å². The lowest BCUT2D eigenvalue weighted by atomic mass is 10.1. The maximum atomic E-state index is 13.8. The summed E-state index contributed by atoms with van der Waals surface area (Å²) in [5, 5.41) is 2.93. The molecule has 3 aromatic carbocycles. The second-order valence-electron chi connectivity index (χ2n) is 8.80. The molecule has 3 aromatic rings. The first-order chi connectivity index (χ1) is 17.6. The second kappa shape index (κ2) is 12.9. The van der Waals surface area contributed by atoms with E-state index in [2.05, 4.69) is 21.2 Å². The van der Waals surface area contributed by atoms with Crippen LogP contribution in [0.15, 0.2) is 94.3 Å². The zero-order valence-electron chi connectivity index (χ0n) is 21.2. The maximum Gasteiger partial charge on any atom is 0.264 e. The van der Waals surface area contributed by atoms with E-state index in [9.17, 15) is 18.0 Å². The molecule has 0 aromatic heterocycles. The molecule has 0 radical (unpaired) electrons. The lowest BCUT2D eigenvalue weighted by Gasteiger charge is -2.32. The smallest absolute Gasteiger partial charge is 0.264 e. The van der Waals surface area contributed by atoms with E-state index in [-0.39, 0.29) is 23.4 Å². The van der Waals surface area contributed by atoms with Crippen molar-refractivity contribution in [1.29, 1.82) is 0 Å².